The van der Waals surface area contributed by atoms with Crippen LogP contribution in [0.25, 0.3) is 0 Å². The summed E-state index contributed by atoms with van der Waals surface area (Å²) in [6.45, 7) is 7.88. The molecule has 2 unspecified atom stereocenters. The average Bonchev–Trinajstić information content (AvgIpc) is 2.81. The second kappa shape index (κ2) is 12.8. The number of aliphatic hydroxyl groups excluding tert-OH is 7. The maximum atomic E-state index is 10.6. The third-order valence-electron chi connectivity index (χ3n) is 5.39. The summed E-state index contributed by atoms with van der Waals surface area (Å²) in [5.41, 5.74) is 1.50. The first kappa shape index (κ1) is 27.8. The summed E-state index contributed by atoms with van der Waals surface area (Å²) < 4.78 is 21.8. The van der Waals surface area contributed by atoms with Gasteiger partial charge in [0.15, 0.2) is 12.6 Å². The molecule has 0 aromatic rings. The van der Waals surface area contributed by atoms with Crippen LogP contribution in [0.4, 0.5) is 0 Å². The van der Waals surface area contributed by atoms with Gasteiger partial charge in [0.1, 0.15) is 48.8 Å². The van der Waals surface area contributed by atoms with Gasteiger partial charge in [0, 0.05) is 0 Å². The van der Waals surface area contributed by atoms with Crippen LogP contribution >= 0.6 is 0 Å². The molecule has 11 nitrogen and oxygen atoms in total. The maximum absolute atomic E-state index is 10.6. The first-order valence-electron chi connectivity index (χ1n) is 10.5. The monoisotopic (exact) mass is 474 g/mol. The highest BCUT2D eigenvalue weighted by atomic mass is 16.7. The third kappa shape index (κ3) is 7.01. The van der Waals surface area contributed by atoms with E-state index >= 15 is 0 Å². The largest absolute Gasteiger partial charge is 0.394 e. The summed E-state index contributed by atoms with van der Waals surface area (Å²) in [4.78, 5) is 0. The molecule has 2 saturated heterocycles. The molecule has 10 atom stereocenters. The van der Waals surface area contributed by atoms with Crippen molar-refractivity contribution in [1.82, 2.24) is 0 Å². The highest BCUT2D eigenvalue weighted by Gasteiger charge is 2.50. The number of rotatable bonds is 10. The Balaban J connectivity index is 2.02. The van der Waals surface area contributed by atoms with Crippen molar-refractivity contribution in [2.75, 3.05) is 19.8 Å². The average molecular weight is 475 g/mol. The zero-order chi connectivity index (χ0) is 24.7. The molecular formula is C22H34O11. The Bertz CT molecular complexity index is 704. The van der Waals surface area contributed by atoms with Gasteiger partial charge in [0.05, 0.1) is 19.8 Å². The smallest absolute Gasteiger partial charge is 0.187 e. The Morgan fingerprint density at radius 3 is 2.09 bits per heavy atom. The molecule has 2 aliphatic rings. The van der Waals surface area contributed by atoms with Gasteiger partial charge in [-0.15, -0.1) is 0 Å². The molecule has 0 spiro atoms. The van der Waals surface area contributed by atoms with Gasteiger partial charge >= 0.3 is 0 Å². The minimum Gasteiger partial charge on any atom is -0.394 e. The van der Waals surface area contributed by atoms with Crippen molar-refractivity contribution < 1.29 is 54.7 Å². The fourth-order valence-corrected chi connectivity index (χ4v) is 3.36. The van der Waals surface area contributed by atoms with Crippen LogP contribution in [0, 0.1) is 0 Å². The summed E-state index contributed by atoms with van der Waals surface area (Å²) >= 11 is 0. The number of ether oxygens (including phenoxy) is 4. The van der Waals surface area contributed by atoms with Gasteiger partial charge in [0.2, 0.25) is 0 Å². The van der Waals surface area contributed by atoms with E-state index in [0.717, 1.165) is 11.1 Å². The molecule has 2 fully saturated rings. The van der Waals surface area contributed by atoms with Gasteiger partial charge < -0.3 is 54.7 Å². The molecule has 0 bridgehead atoms. The van der Waals surface area contributed by atoms with Gasteiger partial charge in [-0.1, -0.05) is 37.5 Å². The lowest BCUT2D eigenvalue weighted by Gasteiger charge is -2.45. The SMILES string of the molecule is C=CC(=C)C=CC=C(C)COC1O[C@H](CO)[C@@H](OC2O[C@H](CO)[C@@H](O)[C@H](O)[C@H]2O)[C@H](O)[C@H]1O. The van der Waals surface area contributed by atoms with E-state index in [1.807, 2.05) is 0 Å². The summed E-state index contributed by atoms with van der Waals surface area (Å²) in [7, 11) is 0. The van der Waals surface area contributed by atoms with Crippen LogP contribution in [-0.2, 0) is 18.9 Å². The first-order chi connectivity index (χ1) is 15.6. The number of hydrogen-bond acceptors (Lipinski definition) is 11. The summed E-state index contributed by atoms with van der Waals surface area (Å²) in [5.74, 6) is 0. The molecule has 2 aliphatic heterocycles. The molecule has 7 N–H and O–H groups in total. The van der Waals surface area contributed by atoms with Crippen LogP contribution in [0.2, 0.25) is 0 Å². The lowest BCUT2D eigenvalue weighted by molar-refractivity contribution is -0.358. The predicted octanol–water partition coefficient (Wildman–Crippen LogP) is -2.13. The van der Waals surface area contributed by atoms with Gasteiger partial charge in [-0.25, -0.2) is 0 Å². The molecule has 11 heteroatoms. The molecule has 0 aromatic heterocycles. The van der Waals surface area contributed by atoms with Crippen LogP contribution in [0.3, 0.4) is 0 Å². The van der Waals surface area contributed by atoms with Crippen molar-refractivity contribution in [3.63, 3.8) is 0 Å². The number of aliphatic hydroxyl groups is 7. The highest BCUT2D eigenvalue weighted by Crippen LogP contribution is 2.29. The fraction of sp³-hybridized carbons (Fsp3) is 0.636. The van der Waals surface area contributed by atoms with Crippen LogP contribution in [0.15, 0.2) is 48.6 Å². The van der Waals surface area contributed by atoms with Gasteiger partial charge in [0.25, 0.3) is 0 Å². The van der Waals surface area contributed by atoms with Crippen molar-refractivity contribution in [2.45, 2.75) is 68.3 Å². The van der Waals surface area contributed by atoms with E-state index in [-0.39, 0.29) is 6.61 Å². The van der Waals surface area contributed by atoms with Gasteiger partial charge in [-0.3, -0.25) is 0 Å². The standard InChI is InChI=1S/C22H34O11/c1-4-11(2)6-5-7-12(3)10-30-21-19(29)17(27)20(14(9-24)32-21)33-22-18(28)16(26)15(25)13(8-23)31-22/h4-7,13-29H,1-2,8-10H2,3H3/t13-,14-,15-,16+,17-,18-,19-,20-,21?,22?/m1/s1. The second-order valence-corrected chi connectivity index (χ2v) is 7.97. The Labute approximate surface area is 192 Å². The molecule has 0 amide bonds. The summed E-state index contributed by atoms with van der Waals surface area (Å²) in [5, 5.41) is 70.0. The van der Waals surface area contributed by atoms with E-state index in [4.69, 9.17) is 18.9 Å². The quantitative estimate of drug-likeness (QED) is 0.172. The Morgan fingerprint density at radius 1 is 0.879 bits per heavy atom. The lowest BCUT2D eigenvalue weighted by atomic mass is 9.97. The molecule has 0 saturated carbocycles. The molecule has 33 heavy (non-hydrogen) atoms. The normalized spacial score (nSPS) is 40.2. The van der Waals surface area contributed by atoms with Crippen molar-refractivity contribution in [1.29, 1.82) is 0 Å². The van der Waals surface area contributed by atoms with Crippen molar-refractivity contribution in [2.24, 2.45) is 0 Å². The Morgan fingerprint density at radius 2 is 1.48 bits per heavy atom. The second-order valence-electron chi connectivity index (χ2n) is 7.97. The topological polar surface area (TPSA) is 179 Å². The zero-order valence-corrected chi connectivity index (χ0v) is 18.4. The zero-order valence-electron chi connectivity index (χ0n) is 18.4. The van der Waals surface area contributed by atoms with Crippen LogP contribution in [0.5, 0.6) is 0 Å². The molecule has 2 rings (SSSR count). The van der Waals surface area contributed by atoms with Crippen LogP contribution in [-0.4, -0.2) is 117 Å². The summed E-state index contributed by atoms with van der Waals surface area (Å²) in [6.07, 6.45) is -8.00. The predicted molar refractivity (Wildman–Crippen MR) is 115 cm³/mol. The van der Waals surface area contributed by atoms with E-state index in [1.165, 1.54) is 0 Å². The minimum atomic E-state index is -1.72. The highest BCUT2D eigenvalue weighted by molar-refractivity contribution is 5.28. The Kier molecular flexibility index (Phi) is 10.8. The van der Waals surface area contributed by atoms with E-state index in [2.05, 4.69) is 13.2 Å². The fourth-order valence-electron chi connectivity index (χ4n) is 3.36. The lowest BCUT2D eigenvalue weighted by Crippen LogP contribution is -2.64. The maximum Gasteiger partial charge on any atom is 0.187 e. The molecular weight excluding hydrogens is 440 g/mol. The van der Waals surface area contributed by atoms with E-state index in [0.29, 0.717) is 0 Å². The molecule has 0 aromatic carbocycles. The van der Waals surface area contributed by atoms with Crippen molar-refractivity contribution in [3.05, 3.63) is 48.6 Å². The van der Waals surface area contributed by atoms with Gasteiger partial charge in [-0.05, 0) is 18.1 Å². The Hall–Kier alpha value is -1.48. The number of allylic oxidation sites excluding steroid dienone is 5. The van der Waals surface area contributed by atoms with Crippen molar-refractivity contribution >= 4 is 0 Å². The number of hydrogen-bond donors (Lipinski definition) is 7. The van der Waals surface area contributed by atoms with Crippen LogP contribution in [0.1, 0.15) is 6.92 Å². The first-order valence-corrected chi connectivity index (χ1v) is 10.5. The molecule has 0 radical (unpaired) electrons. The minimum absolute atomic E-state index is 0.0513. The van der Waals surface area contributed by atoms with E-state index < -0.39 is 74.6 Å². The molecule has 2 heterocycles. The molecule has 0 aliphatic carbocycles. The van der Waals surface area contributed by atoms with E-state index in [9.17, 15) is 35.7 Å². The van der Waals surface area contributed by atoms with Gasteiger partial charge in [-0.2, -0.15) is 0 Å². The van der Waals surface area contributed by atoms with Crippen molar-refractivity contribution in [3.8, 4) is 0 Å². The van der Waals surface area contributed by atoms with E-state index in [1.54, 1.807) is 31.2 Å². The third-order valence-corrected chi connectivity index (χ3v) is 5.39. The van der Waals surface area contributed by atoms with Crippen LogP contribution < -0.4 is 0 Å². The molecule has 188 valence electrons. The summed E-state index contributed by atoms with van der Waals surface area (Å²) in [6, 6.07) is 0.